The lowest BCUT2D eigenvalue weighted by Crippen LogP contribution is -2.35. The van der Waals surface area contributed by atoms with Crippen molar-refractivity contribution in [3.63, 3.8) is 0 Å². The van der Waals surface area contributed by atoms with Gasteiger partial charge in [-0.2, -0.15) is 4.98 Å². The monoisotopic (exact) mass is 422 g/mol. The molecule has 3 aromatic rings. The molecule has 0 bridgehead atoms. The summed E-state index contributed by atoms with van der Waals surface area (Å²) in [5.41, 5.74) is 1.40. The zero-order chi connectivity index (χ0) is 21.5. The molecule has 0 spiro atoms. The molecule has 0 unspecified atom stereocenters. The largest absolute Gasteiger partial charge is 0.497 e. The first-order chi connectivity index (χ1) is 15.2. The Labute approximate surface area is 183 Å². The van der Waals surface area contributed by atoms with E-state index >= 15 is 0 Å². The van der Waals surface area contributed by atoms with Crippen molar-refractivity contribution < 1.29 is 9.26 Å². The molecule has 1 atom stereocenters. The van der Waals surface area contributed by atoms with Crippen molar-refractivity contribution in [3.8, 4) is 28.7 Å². The summed E-state index contributed by atoms with van der Waals surface area (Å²) in [7, 11) is 1.63. The van der Waals surface area contributed by atoms with E-state index in [1.165, 1.54) is 38.8 Å². The summed E-state index contributed by atoms with van der Waals surface area (Å²) in [5.74, 6) is 2.38. The van der Waals surface area contributed by atoms with Crippen LogP contribution in [0.4, 0.5) is 5.82 Å². The number of nitrogens with one attached hydrogen (secondary N) is 1. The Bertz CT molecular complexity index is 933. The van der Waals surface area contributed by atoms with Gasteiger partial charge in [0.2, 0.25) is 5.82 Å². The standard InChI is InChI=1S/C23H30N6O2/c1-17(29-15-5-3-4-6-16-29)13-14-24-21-12-11-20(26-27-21)23-25-22(28-31-23)18-7-9-19(30-2)10-8-18/h7-12,17H,3-6,13-16H2,1-2H3,(H,24,27)/t17-/m0/s1. The highest BCUT2D eigenvalue weighted by molar-refractivity contribution is 5.59. The Morgan fingerprint density at radius 2 is 1.81 bits per heavy atom. The smallest absolute Gasteiger partial charge is 0.278 e. The zero-order valence-electron chi connectivity index (χ0n) is 18.3. The normalized spacial score (nSPS) is 15.9. The number of hydrogen-bond acceptors (Lipinski definition) is 8. The molecule has 0 aliphatic carbocycles. The molecule has 8 nitrogen and oxygen atoms in total. The van der Waals surface area contributed by atoms with Crippen molar-refractivity contribution in [3.05, 3.63) is 36.4 Å². The van der Waals surface area contributed by atoms with Crippen molar-refractivity contribution in [2.75, 3.05) is 32.1 Å². The molecular weight excluding hydrogens is 392 g/mol. The van der Waals surface area contributed by atoms with Gasteiger partial charge in [0, 0.05) is 18.2 Å². The maximum Gasteiger partial charge on any atom is 0.278 e. The van der Waals surface area contributed by atoms with E-state index in [9.17, 15) is 0 Å². The highest BCUT2D eigenvalue weighted by Crippen LogP contribution is 2.23. The molecule has 2 aromatic heterocycles. The third-order valence-corrected chi connectivity index (χ3v) is 5.79. The molecule has 4 rings (SSSR count). The van der Waals surface area contributed by atoms with E-state index in [0.29, 0.717) is 23.5 Å². The molecule has 8 heteroatoms. The first kappa shape index (κ1) is 21.2. The molecule has 0 radical (unpaired) electrons. The van der Waals surface area contributed by atoms with Gasteiger partial charge < -0.3 is 19.5 Å². The van der Waals surface area contributed by atoms with E-state index in [1.54, 1.807) is 7.11 Å². The topological polar surface area (TPSA) is 89.2 Å². The summed E-state index contributed by atoms with van der Waals surface area (Å²) in [6.45, 7) is 5.63. The minimum Gasteiger partial charge on any atom is -0.497 e. The van der Waals surface area contributed by atoms with Gasteiger partial charge in [-0.1, -0.05) is 18.0 Å². The van der Waals surface area contributed by atoms with Gasteiger partial charge in [0.15, 0.2) is 5.69 Å². The lowest BCUT2D eigenvalue weighted by atomic mass is 10.2. The van der Waals surface area contributed by atoms with Crippen LogP contribution in [-0.4, -0.2) is 58.0 Å². The Hall–Kier alpha value is -3.00. The number of hydrogen-bond donors (Lipinski definition) is 1. The van der Waals surface area contributed by atoms with E-state index in [0.717, 1.165) is 30.1 Å². The molecule has 0 amide bonds. The number of benzene rings is 1. The van der Waals surface area contributed by atoms with Crippen molar-refractivity contribution in [2.45, 2.75) is 45.1 Å². The van der Waals surface area contributed by atoms with Gasteiger partial charge in [0.05, 0.1) is 7.11 Å². The van der Waals surface area contributed by atoms with Crippen molar-refractivity contribution >= 4 is 5.82 Å². The number of ether oxygens (including phenoxy) is 1. The van der Waals surface area contributed by atoms with E-state index in [-0.39, 0.29) is 0 Å². The summed E-state index contributed by atoms with van der Waals surface area (Å²) >= 11 is 0. The van der Waals surface area contributed by atoms with Crippen LogP contribution in [0.25, 0.3) is 23.0 Å². The molecule has 0 saturated carbocycles. The molecule has 1 aromatic carbocycles. The highest BCUT2D eigenvalue weighted by Gasteiger charge is 2.16. The molecule has 1 aliphatic heterocycles. The lowest BCUT2D eigenvalue weighted by Gasteiger charge is -2.27. The summed E-state index contributed by atoms with van der Waals surface area (Å²) in [6.07, 6.45) is 6.45. The second-order valence-corrected chi connectivity index (χ2v) is 7.97. The number of likely N-dealkylation sites (tertiary alicyclic amines) is 1. The van der Waals surface area contributed by atoms with E-state index < -0.39 is 0 Å². The quantitative estimate of drug-likeness (QED) is 0.576. The molecule has 1 N–H and O–H groups in total. The summed E-state index contributed by atoms with van der Waals surface area (Å²) < 4.78 is 10.5. The molecule has 1 fully saturated rings. The lowest BCUT2D eigenvalue weighted by molar-refractivity contribution is 0.210. The molecule has 3 heterocycles. The van der Waals surface area contributed by atoms with Gasteiger partial charge in [0.1, 0.15) is 11.6 Å². The zero-order valence-corrected chi connectivity index (χ0v) is 18.3. The third kappa shape index (κ3) is 5.58. The number of rotatable bonds is 8. The van der Waals surface area contributed by atoms with E-state index in [2.05, 4.69) is 37.5 Å². The average molecular weight is 423 g/mol. The van der Waals surface area contributed by atoms with Gasteiger partial charge in [-0.25, -0.2) is 0 Å². The maximum atomic E-state index is 5.37. The SMILES string of the molecule is COc1ccc(-c2noc(-c3ccc(NCC[C@H](C)N4CCCCCC4)nn3)n2)cc1. The van der Waals surface area contributed by atoms with Gasteiger partial charge >= 0.3 is 0 Å². The van der Waals surface area contributed by atoms with Crippen LogP contribution in [0.5, 0.6) is 5.75 Å². The predicted molar refractivity (Wildman–Crippen MR) is 120 cm³/mol. The van der Waals surface area contributed by atoms with Crippen LogP contribution in [-0.2, 0) is 0 Å². The minimum atomic E-state index is 0.347. The summed E-state index contributed by atoms with van der Waals surface area (Å²) in [4.78, 5) is 7.04. The fourth-order valence-electron chi connectivity index (χ4n) is 3.85. The minimum absolute atomic E-state index is 0.347. The van der Waals surface area contributed by atoms with Crippen molar-refractivity contribution in [1.29, 1.82) is 0 Å². The van der Waals surface area contributed by atoms with E-state index in [1.807, 2.05) is 36.4 Å². The highest BCUT2D eigenvalue weighted by atomic mass is 16.5. The van der Waals surface area contributed by atoms with Gasteiger partial charge in [-0.15, -0.1) is 10.2 Å². The van der Waals surface area contributed by atoms with Crippen LogP contribution in [0.3, 0.4) is 0 Å². The van der Waals surface area contributed by atoms with Gasteiger partial charge in [0.25, 0.3) is 5.89 Å². The fourth-order valence-corrected chi connectivity index (χ4v) is 3.85. The first-order valence-electron chi connectivity index (χ1n) is 11.0. The van der Waals surface area contributed by atoms with Crippen LogP contribution in [0.15, 0.2) is 40.9 Å². The number of aromatic nitrogens is 4. The van der Waals surface area contributed by atoms with Crippen LogP contribution >= 0.6 is 0 Å². The second kappa shape index (κ2) is 10.3. The molecule has 31 heavy (non-hydrogen) atoms. The number of methoxy groups -OCH3 is 1. The molecular formula is C23H30N6O2. The Balaban J connectivity index is 1.30. The van der Waals surface area contributed by atoms with Crippen molar-refractivity contribution in [2.24, 2.45) is 0 Å². The number of anilines is 1. The maximum absolute atomic E-state index is 5.37. The van der Waals surface area contributed by atoms with Crippen LogP contribution < -0.4 is 10.1 Å². The van der Waals surface area contributed by atoms with Crippen LogP contribution in [0, 0.1) is 0 Å². The van der Waals surface area contributed by atoms with Gasteiger partial charge in [-0.3, -0.25) is 0 Å². The predicted octanol–water partition coefficient (Wildman–Crippen LogP) is 4.27. The summed E-state index contributed by atoms with van der Waals surface area (Å²) in [5, 5.41) is 15.9. The Morgan fingerprint density at radius 3 is 2.48 bits per heavy atom. The summed E-state index contributed by atoms with van der Waals surface area (Å²) in [6, 6.07) is 11.8. The van der Waals surface area contributed by atoms with Crippen LogP contribution in [0.1, 0.15) is 39.0 Å². The average Bonchev–Trinajstić information content (AvgIpc) is 3.14. The van der Waals surface area contributed by atoms with Crippen LogP contribution in [0.2, 0.25) is 0 Å². The van der Waals surface area contributed by atoms with Gasteiger partial charge in [-0.05, 0) is 75.7 Å². The first-order valence-corrected chi connectivity index (χ1v) is 11.0. The number of nitrogens with zero attached hydrogens (tertiary/aromatic N) is 5. The van der Waals surface area contributed by atoms with Crippen molar-refractivity contribution in [1.82, 2.24) is 25.2 Å². The molecule has 1 aliphatic rings. The fraction of sp³-hybridized carbons (Fsp3) is 0.478. The Morgan fingerprint density at radius 1 is 1.03 bits per heavy atom. The molecule has 1 saturated heterocycles. The Kier molecular flexibility index (Phi) is 7.09. The van der Waals surface area contributed by atoms with E-state index in [4.69, 9.17) is 9.26 Å². The molecule has 164 valence electrons. The second-order valence-electron chi connectivity index (χ2n) is 7.97. The third-order valence-electron chi connectivity index (χ3n) is 5.79.